The van der Waals surface area contributed by atoms with Crippen LogP contribution in [0.5, 0.6) is 5.75 Å². The number of fused-ring (bicyclic) bond motifs is 1. The molecular formula is C40H58N6O6S. The van der Waals surface area contributed by atoms with Gasteiger partial charge in [-0.3, -0.25) is 14.7 Å². The lowest BCUT2D eigenvalue weighted by molar-refractivity contribution is -0.161. The third kappa shape index (κ3) is 14.8. The summed E-state index contributed by atoms with van der Waals surface area (Å²) in [6, 6.07) is 21.1. The molecule has 0 radical (unpaired) electrons. The molecule has 4 amide bonds. The van der Waals surface area contributed by atoms with Crippen LogP contribution >= 0.6 is 13.5 Å². The number of urea groups is 1. The van der Waals surface area contributed by atoms with Gasteiger partial charge in [0.2, 0.25) is 11.8 Å². The van der Waals surface area contributed by atoms with Gasteiger partial charge in [-0.25, -0.2) is 4.79 Å². The molecule has 0 saturated carbocycles. The first-order valence-corrected chi connectivity index (χ1v) is 17.5. The number of aromatic amines is 1. The van der Waals surface area contributed by atoms with E-state index in [9.17, 15) is 14.4 Å². The molecule has 4 rings (SSSR count). The topological polar surface area (TPSA) is 147 Å². The van der Waals surface area contributed by atoms with Crippen molar-refractivity contribution < 1.29 is 28.6 Å². The molecule has 0 bridgehead atoms. The Kier molecular flexibility index (Phi) is 18.3. The molecule has 1 heterocycles. The highest BCUT2D eigenvalue weighted by atomic mass is 32.1. The van der Waals surface area contributed by atoms with E-state index in [1.807, 2.05) is 107 Å². The average Bonchev–Trinajstić information content (AvgIpc) is 3.57. The number of nitrogens with zero attached hydrogens (tertiary/aromatic N) is 2. The summed E-state index contributed by atoms with van der Waals surface area (Å²) in [6.45, 7) is 12.9. The summed E-state index contributed by atoms with van der Waals surface area (Å²) in [7, 11) is 0. The predicted molar refractivity (Wildman–Crippen MR) is 214 cm³/mol. The lowest BCUT2D eigenvalue weighted by atomic mass is 10.0. The smallest absolute Gasteiger partial charge is 0.315 e. The second-order valence-corrected chi connectivity index (χ2v) is 13.4. The van der Waals surface area contributed by atoms with Crippen molar-refractivity contribution >= 4 is 42.2 Å². The Bertz CT molecular complexity index is 1690. The van der Waals surface area contributed by atoms with E-state index in [2.05, 4.69) is 26.1 Å². The number of carbonyl (C=O) groups excluding carboxylic acids is 3. The van der Waals surface area contributed by atoms with E-state index in [1.165, 1.54) is 0 Å². The second-order valence-electron chi connectivity index (χ2n) is 13.4. The molecule has 4 N–H and O–H groups in total. The third-order valence-electron chi connectivity index (χ3n) is 7.90. The van der Waals surface area contributed by atoms with Crippen LogP contribution in [-0.4, -0.2) is 76.7 Å². The molecule has 0 spiro atoms. The van der Waals surface area contributed by atoms with Crippen molar-refractivity contribution in [3.8, 4) is 5.75 Å². The van der Waals surface area contributed by atoms with Crippen molar-refractivity contribution in [1.82, 2.24) is 31.0 Å². The molecule has 13 heteroatoms. The van der Waals surface area contributed by atoms with Gasteiger partial charge in [0, 0.05) is 50.6 Å². The Balaban J connectivity index is 0.00000486. The molecule has 0 aliphatic heterocycles. The molecular weight excluding hydrogens is 693 g/mol. The monoisotopic (exact) mass is 750 g/mol. The lowest BCUT2D eigenvalue weighted by Gasteiger charge is -2.31. The van der Waals surface area contributed by atoms with Crippen molar-refractivity contribution in [3.05, 3.63) is 95.7 Å². The highest BCUT2D eigenvalue weighted by molar-refractivity contribution is 7.59. The number of rotatable bonds is 18. The van der Waals surface area contributed by atoms with Crippen LogP contribution < -0.4 is 20.7 Å². The van der Waals surface area contributed by atoms with Crippen molar-refractivity contribution in [1.29, 1.82) is 0 Å². The van der Waals surface area contributed by atoms with Crippen LogP contribution in [0.15, 0.2) is 79.0 Å². The van der Waals surface area contributed by atoms with E-state index < -0.39 is 18.4 Å². The number of amides is 4. The minimum absolute atomic E-state index is 0. The van der Waals surface area contributed by atoms with Crippen molar-refractivity contribution in [2.24, 2.45) is 0 Å². The maximum absolute atomic E-state index is 14.6. The second kappa shape index (κ2) is 21.8. The number of hydrogen-bond donors (Lipinski definition) is 4. The van der Waals surface area contributed by atoms with E-state index in [-0.39, 0.29) is 70.3 Å². The first-order valence-electron chi connectivity index (χ1n) is 17.5. The minimum atomic E-state index is -0.934. The molecule has 12 nitrogen and oxygen atoms in total. The summed E-state index contributed by atoms with van der Waals surface area (Å²) in [6.07, 6.45) is 1.25. The molecule has 0 unspecified atom stereocenters. The molecule has 1 aromatic heterocycles. The number of ether oxygens (including phenoxy) is 3. The van der Waals surface area contributed by atoms with Gasteiger partial charge < -0.3 is 35.1 Å². The largest absolute Gasteiger partial charge is 0.488 e. The van der Waals surface area contributed by atoms with Gasteiger partial charge >= 0.3 is 6.03 Å². The van der Waals surface area contributed by atoms with E-state index in [0.29, 0.717) is 25.5 Å². The first kappa shape index (κ1) is 44.6. The van der Waals surface area contributed by atoms with Gasteiger partial charge in [0.15, 0.2) is 6.29 Å². The van der Waals surface area contributed by atoms with Gasteiger partial charge in [0.05, 0.1) is 18.3 Å². The summed E-state index contributed by atoms with van der Waals surface area (Å²) < 4.78 is 17.7. The fourth-order valence-electron chi connectivity index (χ4n) is 5.64. The highest BCUT2D eigenvalue weighted by Crippen LogP contribution is 2.22. The Morgan fingerprint density at radius 2 is 1.57 bits per heavy atom. The van der Waals surface area contributed by atoms with Gasteiger partial charge in [-0.15, -0.1) is 0 Å². The van der Waals surface area contributed by atoms with Crippen molar-refractivity contribution in [3.63, 3.8) is 0 Å². The Labute approximate surface area is 321 Å². The molecule has 4 aromatic rings. The fourth-order valence-corrected chi connectivity index (χ4v) is 5.64. The summed E-state index contributed by atoms with van der Waals surface area (Å²) >= 11 is 0. The van der Waals surface area contributed by atoms with Crippen LogP contribution in [0.2, 0.25) is 0 Å². The van der Waals surface area contributed by atoms with Gasteiger partial charge in [-0.2, -0.15) is 18.6 Å². The van der Waals surface area contributed by atoms with Crippen molar-refractivity contribution in [2.75, 3.05) is 19.8 Å². The Hall–Kier alpha value is -4.59. The zero-order valence-electron chi connectivity index (χ0n) is 31.0. The molecule has 53 heavy (non-hydrogen) atoms. The molecule has 3 aromatic carbocycles. The predicted octanol–water partition coefficient (Wildman–Crippen LogP) is 6.22. The quantitative estimate of drug-likeness (QED) is 0.0884. The number of H-pyrrole nitrogens is 1. The van der Waals surface area contributed by atoms with Gasteiger partial charge in [0.1, 0.15) is 17.4 Å². The van der Waals surface area contributed by atoms with Crippen LogP contribution in [-0.2, 0) is 38.6 Å². The summed E-state index contributed by atoms with van der Waals surface area (Å²) in [5, 5.41) is 16.8. The first-order chi connectivity index (χ1) is 24.4. The summed E-state index contributed by atoms with van der Waals surface area (Å²) in [4.78, 5) is 42.4. The number of aromatic nitrogens is 2. The maximum Gasteiger partial charge on any atom is 0.315 e. The zero-order chi connectivity index (χ0) is 36.8. The average molecular weight is 751 g/mol. The number of para-hydroxylation sites is 1. The van der Waals surface area contributed by atoms with Gasteiger partial charge in [-0.05, 0) is 70.4 Å². The normalized spacial score (nSPS) is 12.2. The number of carbonyl (C=O) groups is 3. The van der Waals surface area contributed by atoms with Crippen LogP contribution in [0.4, 0.5) is 4.79 Å². The molecule has 290 valence electrons. The standard InChI is InChI=1S/C39H52N6O6.CH4.H2S/c1-7-49-35(50-8-2)26-45(25-31-16-12-15-30-24-41-44-36(30)31)37(47)33(22-28-17-19-32(20-18-28)51-39(4,5)6)43-34(46)21-27(3)42-38(48)40-23-29-13-10-9-11-14-29;;/h9-20,24,27,33,35H,7-8,21-23,25-26H2,1-6H3,(H,41,44)(H,43,46)(H2,40,42,48);1H4;1H2/t27-,33+;;/m1../s1. The van der Waals surface area contributed by atoms with E-state index in [1.54, 1.807) is 18.0 Å². The SMILES string of the molecule is C.CCOC(CN(Cc1cccc2cn[nH]c12)C(=O)[C@H](Cc1ccc(OC(C)(C)C)cc1)NC(=O)C[C@@H](C)NC(=O)NCc1ccccc1)OCC.S. The Morgan fingerprint density at radius 1 is 0.887 bits per heavy atom. The van der Waals surface area contributed by atoms with Crippen LogP contribution in [0.1, 0.15) is 72.1 Å². The fraction of sp³-hybridized carbons (Fsp3) is 0.450. The number of nitrogens with one attached hydrogen (secondary N) is 4. The van der Waals surface area contributed by atoms with Crippen molar-refractivity contribution in [2.45, 2.75) is 98.9 Å². The molecule has 0 aliphatic rings. The van der Waals surface area contributed by atoms with E-state index in [0.717, 1.165) is 27.6 Å². The van der Waals surface area contributed by atoms with Crippen LogP contribution in [0.25, 0.3) is 10.9 Å². The van der Waals surface area contributed by atoms with Gasteiger partial charge in [0.25, 0.3) is 0 Å². The molecule has 0 aliphatic carbocycles. The van der Waals surface area contributed by atoms with Crippen LogP contribution in [0, 0.1) is 0 Å². The number of benzene rings is 3. The number of hydrogen-bond acceptors (Lipinski definition) is 7. The maximum atomic E-state index is 14.6. The van der Waals surface area contributed by atoms with Gasteiger partial charge in [-0.1, -0.05) is 68.1 Å². The third-order valence-corrected chi connectivity index (χ3v) is 7.90. The summed E-state index contributed by atoms with van der Waals surface area (Å²) in [5.41, 5.74) is 3.11. The molecule has 0 fully saturated rings. The van der Waals surface area contributed by atoms with E-state index >= 15 is 0 Å². The molecule has 0 saturated heterocycles. The van der Waals surface area contributed by atoms with Crippen LogP contribution in [0.3, 0.4) is 0 Å². The highest BCUT2D eigenvalue weighted by Gasteiger charge is 2.30. The summed E-state index contributed by atoms with van der Waals surface area (Å²) in [5.74, 6) is 0.0216. The molecule has 2 atom stereocenters. The zero-order valence-corrected chi connectivity index (χ0v) is 32.0. The van der Waals surface area contributed by atoms with E-state index in [4.69, 9.17) is 14.2 Å². The Morgan fingerprint density at radius 3 is 2.21 bits per heavy atom. The lowest BCUT2D eigenvalue weighted by Crippen LogP contribution is -2.52. The minimum Gasteiger partial charge on any atom is -0.488 e.